The van der Waals surface area contributed by atoms with Crippen LogP contribution >= 0.6 is 0 Å². The Morgan fingerprint density at radius 1 is 1.12 bits per heavy atom. The zero-order chi connectivity index (χ0) is 16.4. The zero-order valence-corrected chi connectivity index (χ0v) is 14.1. The topological polar surface area (TPSA) is 50.3 Å². The van der Waals surface area contributed by atoms with Gasteiger partial charge in [0, 0.05) is 45.1 Å². The molecule has 0 unspecified atom stereocenters. The summed E-state index contributed by atoms with van der Waals surface area (Å²) in [6, 6.07) is 8.69. The third kappa shape index (κ3) is 3.01. The van der Waals surface area contributed by atoms with Crippen LogP contribution in [0.2, 0.25) is 0 Å². The maximum Gasteiger partial charge on any atom is 0.298 e. The molecule has 0 atom stereocenters. The smallest absolute Gasteiger partial charge is 0.298 e. The number of hydrogen-bond acceptors (Lipinski definition) is 5. The van der Waals surface area contributed by atoms with Gasteiger partial charge in [0.1, 0.15) is 11.3 Å². The van der Waals surface area contributed by atoms with Crippen LogP contribution in [0.3, 0.4) is 0 Å². The van der Waals surface area contributed by atoms with Crippen LogP contribution in [0.1, 0.15) is 19.2 Å². The molecule has 3 heterocycles. The van der Waals surface area contributed by atoms with Gasteiger partial charge in [-0.1, -0.05) is 12.1 Å². The predicted octanol–water partition coefficient (Wildman–Crippen LogP) is 2.76. The molecule has 2 aromatic heterocycles. The Hall–Kier alpha value is -2.34. The van der Waals surface area contributed by atoms with Crippen molar-refractivity contribution in [3.63, 3.8) is 0 Å². The van der Waals surface area contributed by atoms with Crippen molar-refractivity contribution in [3.05, 3.63) is 42.5 Å². The summed E-state index contributed by atoms with van der Waals surface area (Å²) in [5.41, 5.74) is 1.79. The summed E-state index contributed by atoms with van der Waals surface area (Å²) >= 11 is 0. The van der Waals surface area contributed by atoms with Gasteiger partial charge < -0.3 is 13.9 Å². The Bertz CT molecular complexity index is 775. The molecule has 1 saturated heterocycles. The lowest BCUT2D eigenvalue weighted by atomic mass is 10.3. The summed E-state index contributed by atoms with van der Waals surface area (Å²) in [5, 5.41) is 0. The number of rotatable bonds is 4. The number of aromatic nitrogens is 3. The molecule has 0 aliphatic carbocycles. The minimum Gasteiger partial charge on any atom is -0.423 e. The predicted molar refractivity (Wildman–Crippen MR) is 94.0 cm³/mol. The van der Waals surface area contributed by atoms with Crippen LogP contribution in [0, 0.1) is 0 Å². The average molecular weight is 325 g/mol. The van der Waals surface area contributed by atoms with Crippen molar-refractivity contribution in [1.82, 2.24) is 19.4 Å². The number of benzene rings is 1. The molecule has 0 amide bonds. The Morgan fingerprint density at radius 2 is 2.04 bits per heavy atom. The lowest BCUT2D eigenvalue weighted by Gasteiger charge is -2.20. The Kier molecular flexibility index (Phi) is 4.21. The van der Waals surface area contributed by atoms with E-state index >= 15 is 0 Å². The maximum atomic E-state index is 5.92. The van der Waals surface area contributed by atoms with E-state index < -0.39 is 0 Å². The van der Waals surface area contributed by atoms with Crippen molar-refractivity contribution in [3.8, 4) is 0 Å². The second-order valence-electron chi connectivity index (χ2n) is 6.21. The van der Waals surface area contributed by atoms with E-state index in [0.717, 1.165) is 68.6 Å². The minimum absolute atomic E-state index is 0.744. The van der Waals surface area contributed by atoms with Gasteiger partial charge in [-0.2, -0.15) is 4.98 Å². The van der Waals surface area contributed by atoms with Crippen LogP contribution in [-0.2, 0) is 13.1 Å². The SMILES string of the molecule is CCn1ccnc1CN1CCCN(c2nc3ccccc3o2)CC1. The summed E-state index contributed by atoms with van der Waals surface area (Å²) in [4.78, 5) is 13.9. The highest BCUT2D eigenvalue weighted by atomic mass is 16.4. The monoisotopic (exact) mass is 325 g/mol. The van der Waals surface area contributed by atoms with E-state index in [1.54, 1.807) is 0 Å². The molecular weight excluding hydrogens is 302 g/mol. The van der Waals surface area contributed by atoms with Gasteiger partial charge in [0.2, 0.25) is 0 Å². The molecule has 6 nitrogen and oxygen atoms in total. The molecule has 0 saturated carbocycles. The van der Waals surface area contributed by atoms with Gasteiger partial charge >= 0.3 is 0 Å². The molecule has 0 N–H and O–H groups in total. The molecule has 1 aliphatic heterocycles. The number of fused-ring (bicyclic) bond motifs is 1. The molecular formula is C18H23N5O. The standard InChI is InChI=1S/C18H23N5O/c1-2-22-11-8-19-17(22)14-21-9-5-10-23(13-12-21)18-20-15-6-3-4-7-16(15)24-18/h3-4,6-8,11H,2,5,9-10,12-14H2,1H3. The number of nitrogens with zero attached hydrogens (tertiary/aromatic N) is 5. The number of hydrogen-bond donors (Lipinski definition) is 0. The highest BCUT2D eigenvalue weighted by Gasteiger charge is 2.20. The van der Waals surface area contributed by atoms with E-state index in [1.165, 1.54) is 0 Å². The van der Waals surface area contributed by atoms with E-state index in [9.17, 15) is 0 Å². The van der Waals surface area contributed by atoms with E-state index in [0.29, 0.717) is 0 Å². The summed E-state index contributed by atoms with van der Waals surface area (Å²) in [6.07, 6.45) is 5.05. The van der Waals surface area contributed by atoms with Gasteiger partial charge in [0.05, 0.1) is 6.54 Å². The van der Waals surface area contributed by atoms with E-state index in [1.807, 2.05) is 30.5 Å². The van der Waals surface area contributed by atoms with E-state index in [-0.39, 0.29) is 0 Å². The normalized spacial score (nSPS) is 16.6. The number of para-hydroxylation sites is 2. The fourth-order valence-corrected chi connectivity index (χ4v) is 3.30. The van der Waals surface area contributed by atoms with Gasteiger partial charge in [-0.3, -0.25) is 4.90 Å². The number of imidazole rings is 1. The van der Waals surface area contributed by atoms with Crippen LogP contribution in [0.5, 0.6) is 0 Å². The van der Waals surface area contributed by atoms with Crippen molar-refractivity contribution in [2.75, 3.05) is 31.1 Å². The lowest BCUT2D eigenvalue weighted by Crippen LogP contribution is -2.31. The van der Waals surface area contributed by atoms with Crippen LogP contribution < -0.4 is 4.90 Å². The molecule has 0 radical (unpaired) electrons. The molecule has 3 aromatic rings. The van der Waals surface area contributed by atoms with Gasteiger partial charge in [0.25, 0.3) is 6.01 Å². The Balaban J connectivity index is 1.44. The summed E-state index contributed by atoms with van der Waals surface area (Å²) in [7, 11) is 0. The second kappa shape index (κ2) is 6.65. The highest BCUT2D eigenvalue weighted by Crippen LogP contribution is 2.22. The van der Waals surface area contributed by atoms with E-state index in [4.69, 9.17) is 4.42 Å². The number of aryl methyl sites for hydroxylation is 1. The van der Waals surface area contributed by atoms with Gasteiger partial charge in [0.15, 0.2) is 5.58 Å². The fraction of sp³-hybridized carbons (Fsp3) is 0.444. The van der Waals surface area contributed by atoms with Gasteiger partial charge in [-0.15, -0.1) is 0 Å². The first-order valence-corrected chi connectivity index (χ1v) is 8.66. The molecule has 1 fully saturated rings. The van der Waals surface area contributed by atoms with Crippen molar-refractivity contribution >= 4 is 17.1 Å². The summed E-state index contributed by atoms with van der Waals surface area (Å²) in [5.74, 6) is 1.15. The van der Waals surface area contributed by atoms with Crippen molar-refractivity contribution in [1.29, 1.82) is 0 Å². The number of oxazole rings is 1. The molecule has 0 bridgehead atoms. The lowest BCUT2D eigenvalue weighted by molar-refractivity contribution is 0.274. The fourth-order valence-electron chi connectivity index (χ4n) is 3.30. The molecule has 126 valence electrons. The van der Waals surface area contributed by atoms with Gasteiger partial charge in [-0.05, 0) is 25.5 Å². The summed E-state index contributed by atoms with van der Waals surface area (Å²) < 4.78 is 8.13. The molecule has 6 heteroatoms. The van der Waals surface area contributed by atoms with Gasteiger partial charge in [-0.25, -0.2) is 4.98 Å². The van der Waals surface area contributed by atoms with Crippen LogP contribution in [0.25, 0.3) is 11.1 Å². The van der Waals surface area contributed by atoms with Crippen molar-refractivity contribution in [2.45, 2.75) is 26.4 Å². The second-order valence-corrected chi connectivity index (χ2v) is 6.21. The van der Waals surface area contributed by atoms with E-state index in [2.05, 4.69) is 37.5 Å². The first kappa shape index (κ1) is 15.2. The highest BCUT2D eigenvalue weighted by molar-refractivity contribution is 5.74. The molecule has 1 aromatic carbocycles. The maximum absolute atomic E-state index is 5.92. The van der Waals surface area contributed by atoms with Crippen LogP contribution in [0.4, 0.5) is 6.01 Å². The first-order chi connectivity index (χ1) is 11.8. The quantitative estimate of drug-likeness (QED) is 0.738. The third-order valence-corrected chi connectivity index (χ3v) is 4.65. The van der Waals surface area contributed by atoms with Crippen LogP contribution in [-0.4, -0.2) is 45.6 Å². The minimum atomic E-state index is 0.744. The van der Waals surface area contributed by atoms with Crippen molar-refractivity contribution < 1.29 is 4.42 Å². The number of anilines is 1. The Morgan fingerprint density at radius 3 is 2.92 bits per heavy atom. The van der Waals surface area contributed by atoms with Crippen LogP contribution in [0.15, 0.2) is 41.1 Å². The third-order valence-electron chi connectivity index (χ3n) is 4.65. The molecule has 24 heavy (non-hydrogen) atoms. The Labute approximate surface area is 141 Å². The largest absolute Gasteiger partial charge is 0.423 e. The van der Waals surface area contributed by atoms with Crippen molar-refractivity contribution in [2.24, 2.45) is 0 Å². The molecule has 1 aliphatic rings. The zero-order valence-electron chi connectivity index (χ0n) is 14.1. The average Bonchev–Trinajstić information content (AvgIpc) is 3.16. The molecule has 0 spiro atoms. The summed E-state index contributed by atoms with van der Waals surface area (Å²) in [6.45, 7) is 8.01. The molecule has 4 rings (SSSR count). The first-order valence-electron chi connectivity index (χ1n) is 8.66.